The van der Waals surface area contributed by atoms with Crippen LogP contribution in [-0.4, -0.2) is 9.97 Å². The van der Waals surface area contributed by atoms with E-state index in [4.69, 9.17) is 9.72 Å². The summed E-state index contributed by atoms with van der Waals surface area (Å²) in [4.78, 5) is 8.20. The van der Waals surface area contributed by atoms with Gasteiger partial charge in [-0.2, -0.15) is 0 Å². The summed E-state index contributed by atoms with van der Waals surface area (Å²) in [6.07, 6.45) is 2.01. The molecule has 0 bridgehead atoms. The van der Waals surface area contributed by atoms with Gasteiger partial charge in [0, 0.05) is 22.5 Å². The molecule has 130 valence electrons. The molecule has 0 amide bonds. The predicted molar refractivity (Wildman–Crippen MR) is 110 cm³/mol. The molecule has 3 nitrogen and oxygen atoms in total. The zero-order chi connectivity index (χ0) is 18.1. The molecule has 0 radical (unpaired) electrons. The largest absolute Gasteiger partial charge is 0.487 e. The molecule has 0 fully saturated rings. The monoisotopic (exact) mass is 350 g/mol. The summed E-state index contributed by atoms with van der Waals surface area (Å²) in [5, 5.41) is 2.26. The molecule has 0 saturated heterocycles. The van der Waals surface area contributed by atoms with Gasteiger partial charge in [-0.3, -0.25) is 0 Å². The molecule has 0 atom stereocenters. The van der Waals surface area contributed by atoms with Crippen molar-refractivity contribution in [3.63, 3.8) is 0 Å². The van der Waals surface area contributed by atoms with Crippen LogP contribution in [0.15, 0.2) is 91.1 Å². The van der Waals surface area contributed by atoms with E-state index in [2.05, 4.69) is 41.4 Å². The molecular formula is C24H18N2O. The van der Waals surface area contributed by atoms with Crippen molar-refractivity contribution in [3.8, 4) is 17.0 Å². The van der Waals surface area contributed by atoms with Gasteiger partial charge in [-0.15, -0.1) is 0 Å². The van der Waals surface area contributed by atoms with Gasteiger partial charge in [0.1, 0.15) is 12.4 Å². The highest BCUT2D eigenvalue weighted by Gasteiger charge is 2.11. The second-order valence-corrected chi connectivity index (χ2v) is 6.54. The summed E-state index contributed by atoms with van der Waals surface area (Å²) in [5.41, 5.74) is 5.19. The normalized spacial score (nSPS) is 11.1. The molecule has 0 saturated carbocycles. The van der Waals surface area contributed by atoms with E-state index < -0.39 is 0 Å². The number of ether oxygens (including phenoxy) is 1. The van der Waals surface area contributed by atoms with Crippen LogP contribution in [-0.2, 0) is 6.61 Å². The number of aromatic amines is 1. The average Bonchev–Trinajstić information content (AvgIpc) is 3.17. The van der Waals surface area contributed by atoms with Crippen LogP contribution in [0.3, 0.4) is 0 Å². The molecule has 3 aromatic carbocycles. The molecule has 5 rings (SSSR count). The van der Waals surface area contributed by atoms with E-state index in [-0.39, 0.29) is 0 Å². The zero-order valence-electron chi connectivity index (χ0n) is 14.7. The lowest BCUT2D eigenvalue weighted by Gasteiger charge is -2.08. The highest BCUT2D eigenvalue weighted by Crippen LogP contribution is 2.33. The van der Waals surface area contributed by atoms with Crippen LogP contribution in [0.5, 0.6) is 5.75 Å². The third-order valence-corrected chi connectivity index (χ3v) is 4.79. The quantitative estimate of drug-likeness (QED) is 0.434. The van der Waals surface area contributed by atoms with Crippen LogP contribution in [0.1, 0.15) is 5.56 Å². The maximum atomic E-state index is 6.07. The topological polar surface area (TPSA) is 37.9 Å². The molecular weight excluding hydrogens is 332 g/mol. The van der Waals surface area contributed by atoms with E-state index >= 15 is 0 Å². The highest BCUT2D eigenvalue weighted by molar-refractivity contribution is 5.98. The Bertz CT molecular complexity index is 1230. The Morgan fingerprint density at radius 2 is 1.63 bits per heavy atom. The molecule has 0 aliphatic heterocycles. The smallest absolute Gasteiger partial charge is 0.143 e. The molecule has 2 heterocycles. The number of fused-ring (bicyclic) bond motifs is 2. The minimum atomic E-state index is 0.544. The SMILES string of the molecule is c1ccc(COc2cccc3c(-c4ccc5ccccc5n4)c[nH]c23)cc1. The first-order valence-electron chi connectivity index (χ1n) is 9.01. The number of benzene rings is 3. The average molecular weight is 350 g/mol. The van der Waals surface area contributed by atoms with Crippen LogP contribution in [0.4, 0.5) is 0 Å². The molecule has 2 aromatic heterocycles. The number of pyridine rings is 1. The van der Waals surface area contributed by atoms with Gasteiger partial charge in [-0.25, -0.2) is 4.98 Å². The van der Waals surface area contributed by atoms with E-state index in [1.165, 1.54) is 0 Å². The van der Waals surface area contributed by atoms with E-state index in [0.29, 0.717) is 6.61 Å². The van der Waals surface area contributed by atoms with Crippen molar-refractivity contribution < 1.29 is 4.74 Å². The Morgan fingerprint density at radius 1 is 0.778 bits per heavy atom. The minimum Gasteiger partial charge on any atom is -0.487 e. The highest BCUT2D eigenvalue weighted by atomic mass is 16.5. The number of nitrogens with zero attached hydrogens (tertiary/aromatic N) is 1. The molecule has 5 aromatic rings. The third kappa shape index (κ3) is 2.93. The van der Waals surface area contributed by atoms with Gasteiger partial charge < -0.3 is 9.72 Å². The molecule has 0 aliphatic carbocycles. The summed E-state index contributed by atoms with van der Waals surface area (Å²) in [6.45, 7) is 0.544. The predicted octanol–water partition coefficient (Wildman–Crippen LogP) is 5.96. The lowest BCUT2D eigenvalue weighted by Crippen LogP contribution is -1.95. The fourth-order valence-corrected chi connectivity index (χ4v) is 3.41. The Morgan fingerprint density at radius 3 is 2.56 bits per heavy atom. The molecule has 0 spiro atoms. The maximum absolute atomic E-state index is 6.07. The van der Waals surface area contributed by atoms with Crippen molar-refractivity contribution in [2.24, 2.45) is 0 Å². The molecule has 3 heteroatoms. The molecule has 0 aliphatic rings. The van der Waals surface area contributed by atoms with Crippen LogP contribution in [0.2, 0.25) is 0 Å². The van der Waals surface area contributed by atoms with Gasteiger partial charge in [0.05, 0.1) is 16.7 Å². The standard InChI is InChI=1S/C24H18N2O/c1-2-7-17(8-3-1)16-27-23-12-6-10-19-20(15-25-24(19)23)22-14-13-18-9-4-5-11-21(18)26-22/h1-15,25H,16H2. The van der Waals surface area contributed by atoms with E-state index in [1.54, 1.807) is 0 Å². The van der Waals surface area contributed by atoms with E-state index in [1.807, 2.05) is 54.7 Å². The fourth-order valence-electron chi connectivity index (χ4n) is 3.41. The van der Waals surface area contributed by atoms with Crippen molar-refractivity contribution in [2.45, 2.75) is 6.61 Å². The first kappa shape index (κ1) is 15.6. The Balaban J connectivity index is 1.52. The third-order valence-electron chi connectivity index (χ3n) is 4.79. The van der Waals surface area contributed by atoms with Crippen LogP contribution >= 0.6 is 0 Å². The summed E-state index contributed by atoms with van der Waals surface area (Å²) >= 11 is 0. The van der Waals surface area contributed by atoms with Gasteiger partial charge in [-0.1, -0.05) is 66.7 Å². The number of rotatable bonds is 4. The van der Waals surface area contributed by atoms with Crippen molar-refractivity contribution >= 4 is 21.8 Å². The van der Waals surface area contributed by atoms with Gasteiger partial charge in [0.25, 0.3) is 0 Å². The number of hydrogen-bond acceptors (Lipinski definition) is 2. The Hall–Kier alpha value is -3.59. The zero-order valence-corrected chi connectivity index (χ0v) is 14.7. The number of para-hydroxylation sites is 2. The van der Waals surface area contributed by atoms with E-state index in [9.17, 15) is 0 Å². The van der Waals surface area contributed by atoms with Crippen LogP contribution in [0.25, 0.3) is 33.1 Å². The lowest BCUT2D eigenvalue weighted by molar-refractivity contribution is 0.309. The van der Waals surface area contributed by atoms with E-state index in [0.717, 1.165) is 44.4 Å². The van der Waals surface area contributed by atoms with Crippen molar-refractivity contribution in [3.05, 3.63) is 96.7 Å². The van der Waals surface area contributed by atoms with Crippen molar-refractivity contribution in [1.29, 1.82) is 0 Å². The molecule has 1 N–H and O–H groups in total. The van der Waals surface area contributed by atoms with Crippen molar-refractivity contribution in [2.75, 3.05) is 0 Å². The minimum absolute atomic E-state index is 0.544. The Kier molecular flexibility index (Phi) is 3.83. The number of hydrogen-bond donors (Lipinski definition) is 1. The number of aromatic nitrogens is 2. The second-order valence-electron chi connectivity index (χ2n) is 6.54. The lowest BCUT2D eigenvalue weighted by atomic mass is 10.1. The summed E-state index contributed by atoms with van der Waals surface area (Å²) < 4.78 is 6.07. The maximum Gasteiger partial charge on any atom is 0.143 e. The Labute approximate surface area is 157 Å². The van der Waals surface area contributed by atoms with Crippen molar-refractivity contribution in [1.82, 2.24) is 9.97 Å². The fraction of sp³-hybridized carbons (Fsp3) is 0.0417. The summed E-state index contributed by atoms with van der Waals surface area (Å²) in [7, 11) is 0. The van der Waals surface area contributed by atoms with Gasteiger partial charge in [0.2, 0.25) is 0 Å². The first-order valence-corrected chi connectivity index (χ1v) is 9.01. The number of H-pyrrole nitrogens is 1. The van der Waals surface area contributed by atoms with Gasteiger partial charge in [-0.05, 0) is 23.8 Å². The summed E-state index contributed by atoms with van der Waals surface area (Å²) in [6, 6.07) is 28.7. The first-order chi connectivity index (χ1) is 13.4. The second kappa shape index (κ2) is 6.61. The van der Waals surface area contributed by atoms with Crippen LogP contribution < -0.4 is 4.74 Å². The van der Waals surface area contributed by atoms with Gasteiger partial charge in [0.15, 0.2) is 0 Å². The van der Waals surface area contributed by atoms with Gasteiger partial charge >= 0.3 is 0 Å². The number of nitrogens with one attached hydrogen (secondary N) is 1. The summed E-state index contributed by atoms with van der Waals surface area (Å²) in [5.74, 6) is 0.850. The molecule has 0 unspecified atom stereocenters. The molecule has 27 heavy (non-hydrogen) atoms. The van der Waals surface area contributed by atoms with Crippen LogP contribution in [0, 0.1) is 0 Å².